The summed E-state index contributed by atoms with van der Waals surface area (Å²) in [6.07, 6.45) is 3.61. The zero-order valence-electron chi connectivity index (χ0n) is 10.1. The maximum absolute atomic E-state index is 8.69. The van der Waals surface area contributed by atoms with Crippen molar-refractivity contribution in [3.63, 3.8) is 0 Å². The molecule has 0 aromatic carbocycles. The van der Waals surface area contributed by atoms with Crippen molar-refractivity contribution in [2.75, 3.05) is 25.0 Å². The minimum absolute atomic E-state index is 0.403. The highest BCUT2D eigenvalue weighted by Gasteiger charge is 2.18. The largest absolute Gasteiger partial charge is 0.367 e. The van der Waals surface area contributed by atoms with E-state index in [0.717, 1.165) is 31.7 Å². The Bertz CT molecular complexity index is 460. The average Bonchev–Trinajstić information content (AvgIpc) is 2.42. The van der Waals surface area contributed by atoms with Crippen LogP contribution in [-0.2, 0) is 0 Å². The number of pyridine rings is 1. The molecule has 92 valence electrons. The summed E-state index contributed by atoms with van der Waals surface area (Å²) >= 11 is 0. The second-order valence-electron chi connectivity index (χ2n) is 4.40. The molecular weight excluding hydrogens is 226 g/mol. The fourth-order valence-electron chi connectivity index (χ4n) is 2.09. The standard InChI is InChI=1S/C13H15N5/c14-5-8-18-6-3-12(4-7-18)17-13-2-1-11(9-15)10-16-13/h1-2,10,12H,3-4,6-8H2,(H,16,17). The molecule has 5 heteroatoms. The summed E-state index contributed by atoms with van der Waals surface area (Å²) in [5.74, 6) is 0.813. The summed E-state index contributed by atoms with van der Waals surface area (Å²) < 4.78 is 0. The Kier molecular flexibility index (Phi) is 4.11. The first-order chi connectivity index (χ1) is 8.81. The number of hydrogen-bond acceptors (Lipinski definition) is 5. The first-order valence-corrected chi connectivity index (χ1v) is 6.04. The van der Waals surface area contributed by atoms with Gasteiger partial charge in [-0.2, -0.15) is 10.5 Å². The molecule has 18 heavy (non-hydrogen) atoms. The Morgan fingerprint density at radius 3 is 2.67 bits per heavy atom. The number of rotatable bonds is 3. The minimum atomic E-state index is 0.403. The molecule has 1 aromatic heterocycles. The Hall–Kier alpha value is -2.11. The van der Waals surface area contributed by atoms with E-state index in [1.165, 1.54) is 0 Å². The van der Waals surface area contributed by atoms with E-state index in [2.05, 4.69) is 27.3 Å². The third-order valence-electron chi connectivity index (χ3n) is 3.13. The first kappa shape index (κ1) is 12.3. The van der Waals surface area contributed by atoms with Gasteiger partial charge in [0.25, 0.3) is 0 Å². The molecule has 0 radical (unpaired) electrons. The van der Waals surface area contributed by atoms with Crippen LogP contribution in [-0.4, -0.2) is 35.6 Å². The van der Waals surface area contributed by atoms with Gasteiger partial charge in [0, 0.05) is 25.3 Å². The lowest BCUT2D eigenvalue weighted by molar-refractivity contribution is 0.242. The maximum Gasteiger partial charge on any atom is 0.126 e. The molecular formula is C13H15N5. The van der Waals surface area contributed by atoms with E-state index < -0.39 is 0 Å². The van der Waals surface area contributed by atoms with Crippen molar-refractivity contribution in [1.29, 1.82) is 10.5 Å². The van der Waals surface area contributed by atoms with E-state index in [1.807, 2.05) is 6.07 Å². The van der Waals surface area contributed by atoms with E-state index in [1.54, 1.807) is 12.3 Å². The molecule has 1 saturated heterocycles. The van der Waals surface area contributed by atoms with Crippen molar-refractivity contribution in [1.82, 2.24) is 9.88 Å². The Balaban J connectivity index is 1.84. The van der Waals surface area contributed by atoms with E-state index >= 15 is 0 Å². The highest BCUT2D eigenvalue weighted by atomic mass is 15.1. The maximum atomic E-state index is 8.69. The topological polar surface area (TPSA) is 75.7 Å². The van der Waals surface area contributed by atoms with Crippen LogP contribution >= 0.6 is 0 Å². The number of piperidine rings is 1. The highest BCUT2D eigenvalue weighted by Crippen LogP contribution is 2.15. The summed E-state index contributed by atoms with van der Waals surface area (Å²) in [7, 11) is 0. The van der Waals surface area contributed by atoms with Crippen molar-refractivity contribution in [2.24, 2.45) is 0 Å². The molecule has 1 N–H and O–H groups in total. The van der Waals surface area contributed by atoms with Gasteiger partial charge in [0.15, 0.2) is 0 Å². The molecule has 1 aromatic rings. The molecule has 0 spiro atoms. The second kappa shape index (κ2) is 6.00. The smallest absolute Gasteiger partial charge is 0.126 e. The number of nitriles is 2. The van der Waals surface area contributed by atoms with Gasteiger partial charge in [-0.05, 0) is 25.0 Å². The van der Waals surface area contributed by atoms with Crippen LogP contribution in [0.2, 0.25) is 0 Å². The number of hydrogen-bond donors (Lipinski definition) is 1. The van der Waals surface area contributed by atoms with Gasteiger partial charge in [-0.1, -0.05) is 0 Å². The van der Waals surface area contributed by atoms with Crippen molar-refractivity contribution in [2.45, 2.75) is 18.9 Å². The number of nitrogens with zero attached hydrogens (tertiary/aromatic N) is 4. The fourth-order valence-corrected chi connectivity index (χ4v) is 2.09. The summed E-state index contributed by atoms with van der Waals surface area (Å²) in [4.78, 5) is 6.36. The number of likely N-dealkylation sites (tertiary alicyclic amines) is 1. The van der Waals surface area contributed by atoms with Gasteiger partial charge in [0.2, 0.25) is 0 Å². The van der Waals surface area contributed by atoms with Crippen LogP contribution in [0.3, 0.4) is 0 Å². The lowest BCUT2D eigenvalue weighted by Crippen LogP contribution is -2.39. The monoisotopic (exact) mass is 241 g/mol. The predicted molar refractivity (Wildman–Crippen MR) is 67.6 cm³/mol. The lowest BCUT2D eigenvalue weighted by atomic mass is 10.1. The van der Waals surface area contributed by atoms with Crippen molar-refractivity contribution in [3.05, 3.63) is 23.9 Å². The van der Waals surface area contributed by atoms with Crippen LogP contribution in [0.15, 0.2) is 18.3 Å². The van der Waals surface area contributed by atoms with Gasteiger partial charge in [0.05, 0.1) is 18.2 Å². The molecule has 0 saturated carbocycles. The van der Waals surface area contributed by atoms with Crippen LogP contribution in [0.1, 0.15) is 18.4 Å². The van der Waals surface area contributed by atoms with Crippen molar-refractivity contribution >= 4 is 5.82 Å². The Morgan fingerprint density at radius 2 is 2.11 bits per heavy atom. The van der Waals surface area contributed by atoms with Gasteiger partial charge in [-0.25, -0.2) is 4.98 Å². The van der Waals surface area contributed by atoms with E-state index in [0.29, 0.717) is 18.2 Å². The molecule has 0 atom stereocenters. The van der Waals surface area contributed by atoms with Crippen LogP contribution in [0.4, 0.5) is 5.82 Å². The van der Waals surface area contributed by atoms with E-state index in [4.69, 9.17) is 10.5 Å². The zero-order chi connectivity index (χ0) is 12.8. The SMILES string of the molecule is N#CCN1CCC(Nc2ccc(C#N)cn2)CC1. The third-order valence-corrected chi connectivity index (χ3v) is 3.13. The van der Waals surface area contributed by atoms with Crippen LogP contribution < -0.4 is 5.32 Å². The summed E-state index contributed by atoms with van der Waals surface area (Å²) in [6, 6.07) is 8.23. The Morgan fingerprint density at radius 1 is 1.33 bits per heavy atom. The number of anilines is 1. The average molecular weight is 241 g/mol. The van der Waals surface area contributed by atoms with Crippen LogP contribution in [0.5, 0.6) is 0 Å². The van der Waals surface area contributed by atoms with Crippen molar-refractivity contribution < 1.29 is 0 Å². The predicted octanol–water partition coefficient (Wildman–Crippen LogP) is 1.35. The summed E-state index contributed by atoms with van der Waals surface area (Å²) in [5.41, 5.74) is 0.574. The van der Waals surface area contributed by atoms with E-state index in [9.17, 15) is 0 Å². The normalized spacial score (nSPS) is 16.8. The van der Waals surface area contributed by atoms with Crippen LogP contribution in [0.25, 0.3) is 0 Å². The third kappa shape index (κ3) is 3.19. The highest BCUT2D eigenvalue weighted by molar-refractivity contribution is 5.39. The lowest BCUT2D eigenvalue weighted by Gasteiger charge is -2.30. The summed E-state index contributed by atoms with van der Waals surface area (Å²) in [5, 5.41) is 20.7. The molecule has 0 aliphatic carbocycles. The minimum Gasteiger partial charge on any atom is -0.367 e. The molecule has 1 fully saturated rings. The molecule has 2 rings (SSSR count). The fraction of sp³-hybridized carbons (Fsp3) is 0.462. The molecule has 0 unspecified atom stereocenters. The zero-order valence-corrected chi connectivity index (χ0v) is 10.1. The summed E-state index contributed by atoms with van der Waals surface area (Å²) in [6.45, 7) is 2.41. The molecule has 1 aliphatic rings. The van der Waals surface area contributed by atoms with Crippen LogP contribution in [0, 0.1) is 22.7 Å². The van der Waals surface area contributed by atoms with E-state index in [-0.39, 0.29) is 0 Å². The molecule has 1 aliphatic heterocycles. The molecule has 2 heterocycles. The number of aromatic nitrogens is 1. The van der Waals surface area contributed by atoms with Crippen molar-refractivity contribution in [3.8, 4) is 12.1 Å². The first-order valence-electron chi connectivity index (χ1n) is 6.04. The van der Waals surface area contributed by atoms with Gasteiger partial charge < -0.3 is 5.32 Å². The second-order valence-corrected chi connectivity index (χ2v) is 4.40. The van der Waals surface area contributed by atoms with Gasteiger partial charge >= 0.3 is 0 Å². The molecule has 0 bridgehead atoms. The van der Waals surface area contributed by atoms with Gasteiger partial charge in [0.1, 0.15) is 11.9 Å². The van der Waals surface area contributed by atoms with Gasteiger partial charge in [-0.15, -0.1) is 0 Å². The van der Waals surface area contributed by atoms with Gasteiger partial charge in [-0.3, -0.25) is 4.90 Å². The Labute approximate surface area is 107 Å². The quantitative estimate of drug-likeness (QED) is 0.808. The molecule has 0 amide bonds. The number of nitrogens with one attached hydrogen (secondary N) is 1. The molecule has 5 nitrogen and oxygen atoms in total.